The van der Waals surface area contributed by atoms with Crippen molar-refractivity contribution in [2.45, 2.75) is 13.8 Å². The summed E-state index contributed by atoms with van der Waals surface area (Å²) in [6, 6.07) is 15.0. The van der Waals surface area contributed by atoms with Gasteiger partial charge in [0.05, 0.1) is 18.0 Å². The Kier molecular flexibility index (Phi) is 3.13. The highest BCUT2D eigenvalue weighted by Gasteiger charge is 2.22. The molecule has 0 aliphatic carbocycles. The fourth-order valence-corrected chi connectivity index (χ4v) is 4.02. The predicted molar refractivity (Wildman–Crippen MR) is 105 cm³/mol. The fourth-order valence-electron chi connectivity index (χ4n) is 4.02. The summed E-state index contributed by atoms with van der Waals surface area (Å²) in [5.74, 6) is 0. The van der Waals surface area contributed by atoms with Gasteiger partial charge in [-0.25, -0.2) is 0 Å². The van der Waals surface area contributed by atoms with Crippen LogP contribution in [0.25, 0.3) is 44.0 Å². The summed E-state index contributed by atoms with van der Waals surface area (Å²) >= 11 is 0. The van der Waals surface area contributed by atoms with Crippen LogP contribution in [0.1, 0.15) is 11.1 Å². The van der Waals surface area contributed by atoms with Crippen LogP contribution in [0.2, 0.25) is 0 Å². The van der Waals surface area contributed by atoms with Crippen LogP contribution in [0, 0.1) is 13.8 Å². The van der Waals surface area contributed by atoms with Gasteiger partial charge in [-0.15, -0.1) is 0 Å². The Bertz CT molecular complexity index is 1310. The number of benzene rings is 3. The molecule has 3 heteroatoms. The van der Waals surface area contributed by atoms with E-state index >= 15 is 0 Å². The molecule has 0 spiro atoms. The third-order valence-corrected chi connectivity index (χ3v) is 5.24. The van der Waals surface area contributed by atoms with Gasteiger partial charge in [0.15, 0.2) is 6.20 Å². The van der Waals surface area contributed by atoms with Gasteiger partial charge in [-0.2, -0.15) is 4.57 Å². The lowest BCUT2D eigenvalue weighted by molar-refractivity contribution is -0.660. The van der Waals surface area contributed by atoms with Gasteiger partial charge in [0, 0.05) is 16.2 Å². The molecule has 5 aromatic rings. The molecule has 0 N–H and O–H groups in total. The molecule has 26 heavy (non-hydrogen) atoms. The zero-order valence-electron chi connectivity index (χ0n) is 15.1. The Hall–Kier alpha value is -3.20. The van der Waals surface area contributed by atoms with Crippen LogP contribution in [-0.4, -0.2) is 4.98 Å². The van der Waals surface area contributed by atoms with Crippen LogP contribution in [0.5, 0.6) is 0 Å². The average molecular weight is 339 g/mol. The van der Waals surface area contributed by atoms with Crippen LogP contribution in [0.3, 0.4) is 0 Å². The molecule has 0 atom stereocenters. The summed E-state index contributed by atoms with van der Waals surface area (Å²) in [7, 11) is 2.04. The maximum absolute atomic E-state index is 6.53. The van der Waals surface area contributed by atoms with Gasteiger partial charge in [-0.3, -0.25) is 4.98 Å². The van der Waals surface area contributed by atoms with E-state index in [0.29, 0.717) is 0 Å². The van der Waals surface area contributed by atoms with Crippen LogP contribution in [-0.2, 0) is 7.05 Å². The number of furan rings is 1. The first kappa shape index (κ1) is 15.1. The number of nitrogens with zero attached hydrogens (tertiary/aromatic N) is 2. The van der Waals surface area contributed by atoms with Crippen molar-refractivity contribution in [3.8, 4) is 11.3 Å². The molecule has 0 saturated carbocycles. The van der Waals surface area contributed by atoms with Gasteiger partial charge >= 0.3 is 0 Å². The normalized spacial score (nSPS) is 11.7. The topological polar surface area (TPSA) is 29.9 Å². The van der Waals surface area contributed by atoms with E-state index in [4.69, 9.17) is 4.42 Å². The summed E-state index contributed by atoms with van der Waals surface area (Å²) in [6.45, 7) is 4.30. The number of rotatable bonds is 1. The lowest BCUT2D eigenvalue weighted by Gasteiger charge is -2.07. The number of hydrogen-bond donors (Lipinski definition) is 0. The van der Waals surface area contributed by atoms with E-state index in [-0.39, 0.29) is 0 Å². The van der Waals surface area contributed by atoms with Crippen LogP contribution in [0.15, 0.2) is 65.5 Å². The number of aromatic nitrogens is 2. The standard InChI is InChI=1S/C23H19N2O/c1-14-12-15(2)21(19-13-24-10-11-25(19)3)23-20(14)18-9-8-16-6-4-5-7-17(16)22(18)26-23/h4-13H,1-3H3/q+1. The highest BCUT2D eigenvalue weighted by atomic mass is 16.3. The lowest BCUT2D eigenvalue weighted by atomic mass is 9.97. The minimum Gasteiger partial charge on any atom is -0.454 e. The molecule has 0 saturated heterocycles. The fraction of sp³-hybridized carbons (Fsp3) is 0.130. The van der Waals surface area contributed by atoms with Gasteiger partial charge < -0.3 is 4.42 Å². The molecule has 126 valence electrons. The molecular weight excluding hydrogens is 320 g/mol. The maximum atomic E-state index is 6.53. The smallest absolute Gasteiger partial charge is 0.234 e. The maximum Gasteiger partial charge on any atom is 0.234 e. The van der Waals surface area contributed by atoms with E-state index < -0.39 is 0 Å². The van der Waals surface area contributed by atoms with Crippen molar-refractivity contribution >= 4 is 32.7 Å². The van der Waals surface area contributed by atoms with E-state index in [0.717, 1.165) is 27.8 Å². The molecule has 3 aromatic carbocycles. The SMILES string of the molecule is Cc1cc(C)c2c(oc3c4ccccc4ccc32)c1-c1cncc[n+]1C. The van der Waals surface area contributed by atoms with Crippen molar-refractivity contribution in [1.82, 2.24) is 4.98 Å². The molecule has 0 radical (unpaired) electrons. The zero-order valence-corrected chi connectivity index (χ0v) is 15.1. The number of hydrogen-bond acceptors (Lipinski definition) is 2. The summed E-state index contributed by atoms with van der Waals surface area (Å²) in [4.78, 5) is 4.33. The first-order valence-corrected chi connectivity index (χ1v) is 8.79. The summed E-state index contributed by atoms with van der Waals surface area (Å²) in [5, 5.41) is 4.71. The monoisotopic (exact) mass is 339 g/mol. The Balaban J connectivity index is 2.01. The van der Waals surface area contributed by atoms with Crippen molar-refractivity contribution in [2.24, 2.45) is 7.05 Å². The number of aryl methyl sites for hydroxylation is 3. The minimum atomic E-state index is 0.942. The quantitative estimate of drug-likeness (QED) is 0.391. The van der Waals surface area contributed by atoms with Crippen molar-refractivity contribution in [3.63, 3.8) is 0 Å². The average Bonchev–Trinajstić information content (AvgIpc) is 3.03. The highest BCUT2D eigenvalue weighted by molar-refractivity contribution is 6.18. The highest BCUT2D eigenvalue weighted by Crippen LogP contribution is 2.41. The molecule has 5 rings (SSSR count). The number of fused-ring (bicyclic) bond motifs is 5. The van der Waals surface area contributed by atoms with Crippen molar-refractivity contribution in [2.75, 3.05) is 0 Å². The summed E-state index contributed by atoms with van der Waals surface area (Å²) < 4.78 is 8.62. The third kappa shape index (κ3) is 2.00. The van der Waals surface area contributed by atoms with Gasteiger partial charge in [-0.1, -0.05) is 36.4 Å². The van der Waals surface area contributed by atoms with Gasteiger partial charge in [0.2, 0.25) is 5.69 Å². The van der Waals surface area contributed by atoms with Gasteiger partial charge in [0.25, 0.3) is 0 Å². The van der Waals surface area contributed by atoms with Crippen LogP contribution < -0.4 is 4.57 Å². The first-order valence-electron chi connectivity index (χ1n) is 8.79. The van der Waals surface area contributed by atoms with E-state index in [1.165, 1.54) is 27.3 Å². The Morgan fingerprint density at radius 3 is 2.62 bits per heavy atom. The zero-order chi connectivity index (χ0) is 17.8. The van der Waals surface area contributed by atoms with Crippen LogP contribution >= 0.6 is 0 Å². The van der Waals surface area contributed by atoms with Gasteiger partial charge in [0.1, 0.15) is 18.2 Å². The molecule has 0 aliphatic rings. The van der Waals surface area contributed by atoms with Crippen LogP contribution in [0.4, 0.5) is 0 Å². The molecule has 0 bridgehead atoms. The largest absolute Gasteiger partial charge is 0.454 e. The Morgan fingerprint density at radius 1 is 0.923 bits per heavy atom. The second kappa shape index (κ2) is 5.40. The second-order valence-corrected chi connectivity index (χ2v) is 6.93. The summed E-state index contributed by atoms with van der Waals surface area (Å²) in [5.41, 5.74) is 6.50. The molecule has 2 aromatic heterocycles. The third-order valence-electron chi connectivity index (χ3n) is 5.24. The molecule has 3 nitrogen and oxygen atoms in total. The first-order chi connectivity index (χ1) is 12.6. The molecule has 0 fully saturated rings. The van der Waals surface area contributed by atoms with E-state index in [2.05, 4.69) is 65.9 Å². The Labute approximate surface area is 151 Å². The lowest BCUT2D eigenvalue weighted by Crippen LogP contribution is -2.30. The van der Waals surface area contributed by atoms with E-state index in [1.807, 2.05) is 19.4 Å². The molecular formula is C23H19N2O+. The molecule has 0 aliphatic heterocycles. The summed E-state index contributed by atoms with van der Waals surface area (Å²) in [6.07, 6.45) is 5.68. The predicted octanol–water partition coefficient (Wildman–Crippen LogP) is 5.24. The molecule has 2 heterocycles. The van der Waals surface area contributed by atoms with Crippen molar-refractivity contribution in [3.05, 3.63) is 72.2 Å². The van der Waals surface area contributed by atoms with E-state index in [9.17, 15) is 0 Å². The van der Waals surface area contributed by atoms with Gasteiger partial charge in [-0.05, 0) is 36.4 Å². The van der Waals surface area contributed by atoms with Crippen molar-refractivity contribution in [1.29, 1.82) is 0 Å². The van der Waals surface area contributed by atoms with E-state index in [1.54, 1.807) is 6.20 Å². The molecule has 0 unspecified atom stereocenters. The molecule has 0 amide bonds. The van der Waals surface area contributed by atoms with Crippen molar-refractivity contribution < 1.29 is 8.98 Å². The second-order valence-electron chi connectivity index (χ2n) is 6.93. The minimum absolute atomic E-state index is 0.942. The Morgan fingerprint density at radius 2 is 1.77 bits per heavy atom.